The van der Waals surface area contributed by atoms with E-state index in [-0.39, 0.29) is 0 Å². The van der Waals surface area contributed by atoms with Gasteiger partial charge in [-0.3, -0.25) is 0 Å². The molecule has 0 radical (unpaired) electrons. The molecule has 0 bridgehead atoms. The number of hydrogen-bond donors (Lipinski definition) is 1. The van der Waals surface area contributed by atoms with Gasteiger partial charge < -0.3 is 19.9 Å². The average Bonchev–Trinajstić information content (AvgIpc) is 3.06. The van der Waals surface area contributed by atoms with Crippen molar-refractivity contribution in [3.63, 3.8) is 0 Å². The summed E-state index contributed by atoms with van der Waals surface area (Å²) in [6.45, 7) is 4.78. The van der Waals surface area contributed by atoms with Gasteiger partial charge in [-0.25, -0.2) is 4.98 Å². The van der Waals surface area contributed by atoms with Crippen molar-refractivity contribution >= 4 is 5.69 Å². The third-order valence-electron chi connectivity index (χ3n) is 5.88. The summed E-state index contributed by atoms with van der Waals surface area (Å²) in [5.74, 6) is 0.765. The van der Waals surface area contributed by atoms with Gasteiger partial charge in [0.25, 0.3) is 0 Å². The Balaban J connectivity index is 1.28. The van der Waals surface area contributed by atoms with E-state index in [2.05, 4.69) is 33.2 Å². The first-order chi connectivity index (χ1) is 11.8. The van der Waals surface area contributed by atoms with E-state index in [1.807, 2.05) is 12.3 Å². The van der Waals surface area contributed by atoms with Gasteiger partial charge in [-0.1, -0.05) is 0 Å². The SMILES string of the molecule is CN1CCC(Oc2ccc(N[C@H]3CCN4CCC[C@H]4C3)cn2)CC1. The van der Waals surface area contributed by atoms with Crippen molar-refractivity contribution in [1.82, 2.24) is 14.8 Å². The van der Waals surface area contributed by atoms with Crippen LogP contribution in [0.2, 0.25) is 0 Å². The Hall–Kier alpha value is -1.33. The number of fused-ring (bicyclic) bond motifs is 1. The highest BCUT2D eigenvalue weighted by Crippen LogP contribution is 2.28. The van der Waals surface area contributed by atoms with E-state index in [9.17, 15) is 0 Å². The molecule has 4 rings (SSSR count). The normalized spacial score (nSPS) is 29.4. The van der Waals surface area contributed by atoms with Crippen molar-refractivity contribution in [3.05, 3.63) is 18.3 Å². The predicted octanol–water partition coefficient (Wildman–Crippen LogP) is 2.59. The zero-order chi connectivity index (χ0) is 16.4. The van der Waals surface area contributed by atoms with Crippen LogP contribution in [0.3, 0.4) is 0 Å². The lowest BCUT2D eigenvalue weighted by Gasteiger charge is -2.35. The first-order valence-corrected chi connectivity index (χ1v) is 9.58. The van der Waals surface area contributed by atoms with Crippen molar-refractivity contribution in [2.75, 3.05) is 38.5 Å². The highest BCUT2D eigenvalue weighted by molar-refractivity contribution is 5.43. The predicted molar refractivity (Wildman–Crippen MR) is 96.6 cm³/mol. The molecule has 3 saturated heterocycles. The van der Waals surface area contributed by atoms with Crippen molar-refractivity contribution in [3.8, 4) is 5.88 Å². The number of rotatable bonds is 4. The molecule has 3 aliphatic heterocycles. The fourth-order valence-electron chi connectivity index (χ4n) is 4.40. The summed E-state index contributed by atoms with van der Waals surface area (Å²) < 4.78 is 6.03. The summed E-state index contributed by atoms with van der Waals surface area (Å²) in [4.78, 5) is 9.53. The van der Waals surface area contributed by atoms with Gasteiger partial charge in [0, 0.05) is 37.8 Å². The van der Waals surface area contributed by atoms with Crippen LogP contribution in [0.1, 0.15) is 38.5 Å². The van der Waals surface area contributed by atoms with Gasteiger partial charge in [0.2, 0.25) is 5.88 Å². The Morgan fingerprint density at radius 1 is 1.08 bits per heavy atom. The third kappa shape index (κ3) is 3.83. The summed E-state index contributed by atoms with van der Waals surface area (Å²) in [6, 6.07) is 5.53. The second-order valence-corrected chi connectivity index (χ2v) is 7.70. The lowest BCUT2D eigenvalue weighted by molar-refractivity contribution is 0.110. The molecule has 0 unspecified atom stereocenters. The maximum absolute atomic E-state index is 6.03. The largest absolute Gasteiger partial charge is 0.474 e. The minimum Gasteiger partial charge on any atom is -0.474 e. The molecule has 0 amide bonds. The van der Waals surface area contributed by atoms with Gasteiger partial charge in [-0.15, -0.1) is 0 Å². The molecule has 2 atom stereocenters. The van der Waals surface area contributed by atoms with E-state index in [0.29, 0.717) is 12.1 Å². The summed E-state index contributed by atoms with van der Waals surface area (Å²) in [5.41, 5.74) is 1.13. The molecule has 0 spiro atoms. The van der Waals surface area contributed by atoms with Crippen LogP contribution < -0.4 is 10.1 Å². The number of pyridine rings is 1. The van der Waals surface area contributed by atoms with E-state index in [1.54, 1.807) is 0 Å². The van der Waals surface area contributed by atoms with Crippen molar-refractivity contribution in [2.45, 2.75) is 56.7 Å². The molecule has 24 heavy (non-hydrogen) atoms. The number of anilines is 1. The zero-order valence-corrected chi connectivity index (χ0v) is 14.8. The topological polar surface area (TPSA) is 40.6 Å². The maximum atomic E-state index is 6.03. The summed E-state index contributed by atoms with van der Waals surface area (Å²) in [6.07, 6.45) is 9.71. The van der Waals surface area contributed by atoms with Gasteiger partial charge in [0.15, 0.2) is 0 Å². The minimum absolute atomic E-state index is 0.319. The van der Waals surface area contributed by atoms with Crippen LogP contribution in [0.15, 0.2) is 18.3 Å². The molecule has 5 nitrogen and oxygen atoms in total. The second kappa shape index (κ2) is 7.28. The number of nitrogens with one attached hydrogen (secondary N) is 1. The van der Waals surface area contributed by atoms with Gasteiger partial charge in [-0.2, -0.15) is 0 Å². The first kappa shape index (κ1) is 16.2. The van der Waals surface area contributed by atoms with Gasteiger partial charge in [-0.05, 0) is 58.2 Å². The van der Waals surface area contributed by atoms with E-state index >= 15 is 0 Å². The third-order valence-corrected chi connectivity index (χ3v) is 5.88. The Kier molecular flexibility index (Phi) is 4.90. The highest BCUT2D eigenvalue weighted by atomic mass is 16.5. The van der Waals surface area contributed by atoms with Gasteiger partial charge in [0.1, 0.15) is 6.10 Å². The molecule has 1 N–H and O–H groups in total. The first-order valence-electron chi connectivity index (χ1n) is 9.58. The van der Waals surface area contributed by atoms with Crippen molar-refractivity contribution < 1.29 is 4.74 Å². The Morgan fingerprint density at radius 3 is 2.75 bits per heavy atom. The van der Waals surface area contributed by atoms with E-state index in [1.165, 1.54) is 38.8 Å². The molecule has 1 aromatic rings. The molecule has 0 aliphatic carbocycles. The number of likely N-dealkylation sites (tertiary alicyclic amines) is 1. The van der Waals surface area contributed by atoms with Crippen molar-refractivity contribution in [1.29, 1.82) is 0 Å². The van der Waals surface area contributed by atoms with Crippen LogP contribution >= 0.6 is 0 Å². The molecule has 0 saturated carbocycles. The maximum Gasteiger partial charge on any atom is 0.213 e. The molecule has 1 aromatic heterocycles. The number of aromatic nitrogens is 1. The Labute approximate surface area is 145 Å². The molecule has 3 aliphatic rings. The molecular weight excluding hydrogens is 300 g/mol. The number of ether oxygens (including phenoxy) is 1. The van der Waals surface area contributed by atoms with Crippen LogP contribution in [0.25, 0.3) is 0 Å². The standard InChI is InChI=1S/C19H30N4O/c1-22-10-7-18(8-11-22)24-19-5-4-16(14-20-19)21-15-6-12-23-9-2-3-17(23)13-15/h4-5,14-15,17-18,21H,2-3,6-13H2,1H3/t15-,17-/m0/s1. The second-order valence-electron chi connectivity index (χ2n) is 7.70. The van der Waals surface area contributed by atoms with Crippen LogP contribution in [0.4, 0.5) is 5.69 Å². The average molecular weight is 330 g/mol. The van der Waals surface area contributed by atoms with E-state index in [4.69, 9.17) is 4.74 Å². The quantitative estimate of drug-likeness (QED) is 0.919. The molecule has 4 heterocycles. The summed E-state index contributed by atoms with van der Waals surface area (Å²) in [7, 11) is 2.17. The van der Waals surface area contributed by atoms with Crippen molar-refractivity contribution in [2.24, 2.45) is 0 Å². The van der Waals surface area contributed by atoms with E-state index in [0.717, 1.165) is 43.5 Å². The highest BCUT2D eigenvalue weighted by Gasteiger charge is 2.31. The fourth-order valence-corrected chi connectivity index (χ4v) is 4.40. The summed E-state index contributed by atoms with van der Waals surface area (Å²) >= 11 is 0. The minimum atomic E-state index is 0.319. The number of hydrogen-bond acceptors (Lipinski definition) is 5. The Morgan fingerprint density at radius 2 is 1.96 bits per heavy atom. The molecule has 5 heteroatoms. The van der Waals surface area contributed by atoms with E-state index < -0.39 is 0 Å². The Bertz CT molecular complexity index is 527. The molecule has 3 fully saturated rings. The molecule has 132 valence electrons. The zero-order valence-electron chi connectivity index (χ0n) is 14.8. The van der Waals surface area contributed by atoms with Crippen LogP contribution in [0.5, 0.6) is 5.88 Å². The molecule has 0 aromatic carbocycles. The van der Waals surface area contributed by atoms with Gasteiger partial charge in [0.05, 0.1) is 11.9 Å². The molecular formula is C19H30N4O. The summed E-state index contributed by atoms with van der Waals surface area (Å²) in [5, 5.41) is 3.68. The lowest BCUT2D eigenvalue weighted by atomic mass is 9.97. The van der Waals surface area contributed by atoms with Crippen LogP contribution in [0, 0.1) is 0 Å². The van der Waals surface area contributed by atoms with Crippen LogP contribution in [-0.2, 0) is 0 Å². The smallest absolute Gasteiger partial charge is 0.213 e. The number of nitrogens with zero attached hydrogens (tertiary/aromatic N) is 3. The lowest BCUT2D eigenvalue weighted by Crippen LogP contribution is -2.42. The van der Waals surface area contributed by atoms with Gasteiger partial charge >= 0.3 is 0 Å². The van der Waals surface area contributed by atoms with Crippen LogP contribution in [-0.4, -0.2) is 66.2 Å². The fraction of sp³-hybridized carbons (Fsp3) is 0.737. The number of piperidine rings is 2. The monoisotopic (exact) mass is 330 g/mol.